The van der Waals surface area contributed by atoms with Gasteiger partial charge in [0.25, 0.3) is 0 Å². The molecule has 0 amide bonds. The Bertz CT molecular complexity index is 659. The highest BCUT2D eigenvalue weighted by Gasteiger charge is 2.16. The number of rotatable bonds is 0. The summed E-state index contributed by atoms with van der Waals surface area (Å²) in [7, 11) is 0. The Kier molecular flexibility index (Phi) is 13.4. The number of hydrogen-bond donors (Lipinski definition) is 4. The van der Waals surface area contributed by atoms with E-state index in [4.69, 9.17) is 4.74 Å². The molecule has 0 saturated carbocycles. The number of hydrogen-bond acceptors (Lipinski definition) is 6. The summed E-state index contributed by atoms with van der Waals surface area (Å²) in [6.45, 7) is 1.85. The second-order valence-electron chi connectivity index (χ2n) is 7.21. The van der Waals surface area contributed by atoms with Crippen LogP contribution in [0, 0.1) is 0 Å². The van der Waals surface area contributed by atoms with E-state index >= 15 is 0 Å². The third-order valence-electron chi connectivity index (χ3n) is 4.37. The van der Waals surface area contributed by atoms with Gasteiger partial charge in [-0.3, -0.25) is 0 Å². The van der Waals surface area contributed by atoms with Crippen molar-refractivity contribution in [1.82, 2.24) is 0 Å². The van der Waals surface area contributed by atoms with Gasteiger partial charge in [-0.05, 0) is 32.6 Å². The predicted octanol–water partition coefficient (Wildman–Crippen LogP) is 2.66. The van der Waals surface area contributed by atoms with E-state index in [-0.39, 0.29) is 12.5 Å². The second-order valence-corrected chi connectivity index (χ2v) is 7.21. The minimum atomic E-state index is -1.12. The lowest BCUT2D eigenvalue weighted by molar-refractivity contribution is -0.142. The summed E-state index contributed by atoms with van der Waals surface area (Å²) in [5.41, 5.74) is 0. The first-order valence-corrected chi connectivity index (χ1v) is 10.3. The summed E-state index contributed by atoms with van der Waals surface area (Å²) in [5, 5.41) is 39.7. The number of allylic oxidation sites excluding steroid dienone is 7. The van der Waals surface area contributed by atoms with Gasteiger partial charge < -0.3 is 25.2 Å². The van der Waals surface area contributed by atoms with E-state index in [9.17, 15) is 25.2 Å². The molecule has 0 radical (unpaired) electrons. The van der Waals surface area contributed by atoms with Crippen LogP contribution in [-0.2, 0) is 9.53 Å². The molecule has 0 aromatic rings. The van der Waals surface area contributed by atoms with Crippen LogP contribution in [0.15, 0.2) is 72.9 Å². The lowest BCUT2D eigenvalue weighted by Gasteiger charge is -2.16. The third kappa shape index (κ3) is 13.1. The molecule has 0 fully saturated rings. The zero-order chi connectivity index (χ0) is 22.2. The Morgan fingerprint density at radius 2 is 1.53 bits per heavy atom. The molecule has 0 aromatic heterocycles. The van der Waals surface area contributed by atoms with Crippen LogP contribution in [0.5, 0.6) is 0 Å². The van der Waals surface area contributed by atoms with Gasteiger partial charge in [0.05, 0.1) is 30.5 Å². The van der Waals surface area contributed by atoms with Crippen LogP contribution in [-0.4, -0.2) is 56.9 Å². The Labute approximate surface area is 178 Å². The normalized spacial score (nSPS) is 37.1. The summed E-state index contributed by atoms with van der Waals surface area (Å²) in [6.07, 6.45) is 18.1. The number of carbonyl (C=O) groups is 1. The van der Waals surface area contributed by atoms with Crippen molar-refractivity contribution in [1.29, 1.82) is 0 Å². The van der Waals surface area contributed by atoms with E-state index in [0.29, 0.717) is 6.42 Å². The molecule has 0 bridgehead atoms. The fraction of sp³-hybridized carbons (Fsp3) is 0.458. The van der Waals surface area contributed by atoms with E-state index in [1.807, 2.05) is 19.1 Å². The molecule has 6 nitrogen and oxygen atoms in total. The third-order valence-corrected chi connectivity index (χ3v) is 4.37. The van der Waals surface area contributed by atoms with Crippen molar-refractivity contribution in [3.63, 3.8) is 0 Å². The average Bonchev–Trinajstić information content (AvgIpc) is 2.69. The summed E-state index contributed by atoms with van der Waals surface area (Å²) < 4.78 is 5.30. The molecule has 0 spiro atoms. The van der Waals surface area contributed by atoms with E-state index in [1.54, 1.807) is 42.5 Å². The van der Waals surface area contributed by atoms with Crippen molar-refractivity contribution in [3.8, 4) is 0 Å². The summed E-state index contributed by atoms with van der Waals surface area (Å²) in [4.78, 5) is 11.8. The number of ether oxygens (including phenoxy) is 1. The van der Waals surface area contributed by atoms with Crippen LogP contribution in [0.25, 0.3) is 0 Å². The molecule has 1 aliphatic heterocycles. The van der Waals surface area contributed by atoms with Crippen LogP contribution in [0.1, 0.15) is 39.0 Å². The van der Waals surface area contributed by atoms with Gasteiger partial charge in [0.1, 0.15) is 0 Å². The van der Waals surface area contributed by atoms with Gasteiger partial charge >= 0.3 is 5.97 Å². The van der Waals surface area contributed by atoms with E-state index in [2.05, 4.69) is 0 Å². The first-order chi connectivity index (χ1) is 14.4. The van der Waals surface area contributed by atoms with Gasteiger partial charge in [-0.15, -0.1) is 0 Å². The molecule has 0 aliphatic carbocycles. The number of aliphatic hydroxyl groups is 4. The van der Waals surface area contributed by atoms with Crippen LogP contribution in [0.3, 0.4) is 0 Å². The molecule has 4 N–H and O–H groups in total. The molecule has 1 rings (SSSR count). The SMILES string of the molecule is C[C@@H]1CCC/C=C/C=C/[C@H](O)C[C@@H](O)[C@H](O)/C=C\C=C\[C@H](O)C/C=C/C=C\C(=O)O1. The Balaban J connectivity index is 2.73. The molecule has 1 heterocycles. The molecule has 0 aromatic carbocycles. The molecule has 166 valence electrons. The first kappa shape index (κ1) is 25.8. The van der Waals surface area contributed by atoms with Crippen molar-refractivity contribution in [3.05, 3.63) is 72.9 Å². The zero-order valence-corrected chi connectivity index (χ0v) is 17.5. The number of aliphatic hydroxyl groups excluding tert-OH is 4. The molecule has 30 heavy (non-hydrogen) atoms. The van der Waals surface area contributed by atoms with Crippen molar-refractivity contribution < 1.29 is 30.0 Å². The molecule has 5 atom stereocenters. The highest BCUT2D eigenvalue weighted by molar-refractivity contribution is 5.82. The highest BCUT2D eigenvalue weighted by atomic mass is 16.5. The summed E-state index contributed by atoms with van der Waals surface area (Å²) in [5.74, 6) is -0.402. The monoisotopic (exact) mass is 418 g/mol. The number of carbonyl (C=O) groups excluding carboxylic acids is 1. The maximum atomic E-state index is 11.8. The molecular weight excluding hydrogens is 384 g/mol. The standard InChI is InChI=1S/C24H34O6/c1-19-12-6-3-2-4-7-15-21(26)18-23(28)22(27)16-11-10-14-20(25)13-8-5-9-17-24(29)30-19/h2,4-5,7-11,14-17,19-23,25-28H,3,6,12-13,18H2,1H3/b4-2+,8-5+,14-10+,15-7+,16-11-,17-9-/t19-,20-,21+,22-,23-/m1/s1. The van der Waals surface area contributed by atoms with Crippen LogP contribution in [0.4, 0.5) is 0 Å². The maximum Gasteiger partial charge on any atom is 0.331 e. The Hall–Kier alpha value is -2.25. The second kappa shape index (κ2) is 15.6. The average molecular weight is 419 g/mol. The number of cyclic esters (lactones) is 1. The lowest BCUT2D eigenvalue weighted by Crippen LogP contribution is -2.27. The highest BCUT2D eigenvalue weighted by Crippen LogP contribution is 2.08. The van der Waals surface area contributed by atoms with Gasteiger partial charge in [-0.1, -0.05) is 66.8 Å². The molecule has 6 heteroatoms. The van der Waals surface area contributed by atoms with Crippen LogP contribution < -0.4 is 0 Å². The zero-order valence-electron chi connectivity index (χ0n) is 17.5. The van der Waals surface area contributed by atoms with Crippen LogP contribution >= 0.6 is 0 Å². The van der Waals surface area contributed by atoms with Gasteiger partial charge in [0, 0.05) is 12.5 Å². The molecule has 1 aliphatic rings. The first-order valence-electron chi connectivity index (χ1n) is 10.3. The summed E-state index contributed by atoms with van der Waals surface area (Å²) >= 11 is 0. The minimum Gasteiger partial charge on any atom is -0.460 e. The molecule has 0 saturated heterocycles. The van der Waals surface area contributed by atoms with Gasteiger partial charge in [-0.2, -0.15) is 0 Å². The smallest absolute Gasteiger partial charge is 0.331 e. The predicted molar refractivity (Wildman–Crippen MR) is 118 cm³/mol. The van der Waals surface area contributed by atoms with E-state index in [1.165, 1.54) is 18.2 Å². The van der Waals surface area contributed by atoms with Crippen molar-refractivity contribution in [2.24, 2.45) is 0 Å². The summed E-state index contributed by atoms with van der Waals surface area (Å²) in [6, 6.07) is 0. The van der Waals surface area contributed by atoms with E-state index < -0.39 is 30.4 Å². The number of esters is 1. The van der Waals surface area contributed by atoms with Crippen molar-refractivity contribution >= 4 is 5.97 Å². The topological polar surface area (TPSA) is 107 Å². The minimum absolute atomic E-state index is 0.00335. The van der Waals surface area contributed by atoms with Gasteiger partial charge in [0.15, 0.2) is 0 Å². The lowest BCUT2D eigenvalue weighted by atomic mass is 10.1. The molecule has 0 unspecified atom stereocenters. The van der Waals surface area contributed by atoms with Gasteiger partial charge in [0.2, 0.25) is 0 Å². The molecular formula is C24H34O6. The largest absolute Gasteiger partial charge is 0.460 e. The Morgan fingerprint density at radius 3 is 2.33 bits per heavy atom. The van der Waals surface area contributed by atoms with Gasteiger partial charge in [-0.25, -0.2) is 4.79 Å². The van der Waals surface area contributed by atoms with Crippen LogP contribution in [0.2, 0.25) is 0 Å². The van der Waals surface area contributed by atoms with E-state index in [0.717, 1.165) is 19.3 Å². The van der Waals surface area contributed by atoms with Crippen molar-refractivity contribution in [2.75, 3.05) is 0 Å². The maximum absolute atomic E-state index is 11.8. The Morgan fingerprint density at radius 1 is 0.867 bits per heavy atom. The van der Waals surface area contributed by atoms with Crippen molar-refractivity contribution in [2.45, 2.75) is 69.5 Å². The fourth-order valence-corrected chi connectivity index (χ4v) is 2.66. The fourth-order valence-electron chi connectivity index (χ4n) is 2.66. The quantitative estimate of drug-likeness (QED) is 0.451.